The fraction of sp³-hybridized carbons (Fsp3) is 0.438. The van der Waals surface area contributed by atoms with Gasteiger partial charge >= 0.3 is 0 Å². The molecule has 2 N–H and O–H groups in total. The minimum absolute atomic E-state index is 0.0257. The number of aliphatic hydroxyl groups excluding tert-OH is 1. The zero-order valence-corrected chi connectivity index (χ0v) is 13.4. The summed E-state index contributed by atoms with van der Waals surface area (Å²) in [6, 6.07) is 5.23. The van der Waals surface area contributed by atoms with Gasteiger partial charge in [0.25, 0.3) is 5.91 Å². The smallest absolute Gasteiger partial charge is 0.251 e. The van der Waals surface area contributed by atoms with Gasteiger partial charge in [0, 0.05) is 46.4 Å². The fourth-order valence-electron chi connectivity index (χ4n) is 1.93. The van der Waals surface area contributed by atoms with Crippen LogP contribution < -0.4 is 5.32 Å². The van der Waals surface area contributed by atoms with E-state index in [0.29, 0.717) is 17.7 Å². The molecule has 114 valence electrons. The van der Waals surface area contributed by atoms with Gasteiger partial charge in [-0.2, -0.15) is 0 Å². The van der Waals surface area contributed by atoms with E-state index in [1.165, 1.54) is 0 Å². The summed E-state index contributed by atoms with van der Waals surface area (Å²) < 4.78 is 11.2. The van der Waals surface area contributed by atoms with E-state index in [-0.39, 0.29) is 18.6 Å². The molecule has 5 heteroatoms. The Morgan fingerprint density at radius 1 is 1.48 bits per heavy atom. The van der Waals surface area contributed by atoms with E-state index in [9.17, 15) is 9.00 Å². The minimum atomic E-state index is -0.944. The van der Waals surface area contributed by atoms with Crippen LogP contribution in [0.5, 0.6) is 0 Å². The van der Waals surface area contributed by atoms with Crippen molar-refractivity contribution in [1.29, 1.82) is 0 Å². The molecule has 0 saturated carbocycles. The molecule has 1 amide bonds. The highest BCUT2D eigenvalue weighted by Crippen LogP contribution is 2.13. The summed E-state index contributed by atoms with van der Waals surface area (Å²) in [6.45, 7) is 3.71. The number of rotatable bonds is 5. The predicted octanol–water partition coefficient (Wildman–Crippen LogP) is 1.23. The van der Waals surface area contributed by atoms with Crippen molar-refractivity contribution >= 4 is 16.7 Å². The third kappa shape index (κ3) is 5.70. The van der Waals surface area contributed by atoms with Gasteiger partial charge in [-0.1, -0.05) is 17.9 Å². The molecule has 1 rings (SSSR count). The summed E-state index contributed by atoms with van der Waals surface area (Å²) >= 11 is 0. The second kappa shape index (κ2) is 8.60. The maximum atomic E-state index is 12.2. The molecule has 0 radical (unpaired) electrons. The van der Waals surface area contributed by atoms with Gasteiger partial charge in [-0.15, -0.1) is 0 Å². The van der Waals surface area contributed by atoms with Gasteiger partial charge in [0.15, 0.2) is 0 Å². The number of hydrogen-bond acceptors (Lipinski definition) is 3. The van der Waals surface area contributed by atoms with Gasteiger partial charge < -0.3 is 10.4 Å². The van der Waals surface area contributed by atoms with E-state index in [2.05, 4.69) is 17.2 Å². The third-order valence-electron chi connectivity index (χ3n) is 2.90. The van der Waals surface area contributed by atoms with Crippen molar-refractivity contribution in [2.24, 2.45) is 0 Å². The van der Waals surface area contributed by atoms with Gasteiger partial charge in [0.1, 0.15) is 0 Å². The molecule has 0 spiro atoms. The topological polar surface area (TPSA) is 66.4 Å². The second-order valence-electron chi connectivity index (χ2n) is 4.87. The zero-order chi connectivity index (χ0) is 15.8. The molecule has 0 bridgehead atoms. The molecule has 2 atom stereocenters. The molecule has 1 aromatic rings. The van der Waals surface area contributed by atoms with Crippen LogP contribution in [-0.2, 0) is 10.8 Å². The molecule has 0 fully saturated rings. The Hall–Kier alpha value is -1.64. The van der Waals surface area contributed by atoms with Crippen LogP contribution in [0.3, 0.4) is 0 Å². The van der Waals surface area contributed by atoms with Crippen molar-refractivity contribution in [1.82, 2.24) is 5.32 Å². The lowest BCUT2D eigenvalue weighted by molar-refractivity contribution is 0.0943. The summed E-state index contributed by atoms with van der Waals surface area (Å²) in [5.74, 6) is 6.06. The Morgan fingerprint density at radius 2 is 2.19 bits per heavy atom. The lowest BCUT2D eigenvalue weighted by atomic mass is 10.0. The average molecular weight is 307 g/mol. The molecule has 0 heterocycles. The zero-order valence-electron chi connectivity index (χ0n) is 12.6. The minimum Gasteiger partial charge on any atom is -0.395 e. The van der Waals surface area contributed by atoms with Crippen LogP contribution >= 0.6 is 0 Å². The summed E-state index contributed by atoms with van der Waals surface area (Å²) in [5, 5.41) is 11.6. The molecule has 1 aromatic carbocycles. The normalized spacial score (nSPS) is 13.0. The molecule has 0 aliphatic heterocycles. The number of amides is 1. The van der Waals surface area contributed by atoms with Crippen LogP contribution in [0.2, 0.25) is 0 Å². The summed E-state index contributed by atoms with van der Waals surface area (Å²) in [4.78, 5) is 12.2. The molecular formula is C16H21NO3S. The van der Waals surface area contributed by atoms with E-state index in [1.807, 2.05) is 19.9 Å². The maximum absolute atomic E-state index is 12.2. The first kappa shape index (κ1) is 17.4. The van der Waals surface area contributed by atoms with E-state index in [1.54, 1.807) is 18.4 Å². The molecule has 0 aromatic heterocycles. The quantitative estimate of drug-likeness (QED) is 0.804. The maximum Gasteiger partial charge on any atom is 0.251 e. The summed E-state index contributed by atoms with van der Waals surface area (Å²) in [6.07, 6.45) is 2.03. The first-order valence-electron chi connectivity index (χ1n) is 6.76. The molecular weight excluding hydrogens is 286 g/mol. The summed E-state index contributed by atoms with van der Waals surface area (Å²) in [7, 11) is -0.944. The number of carbonyl (C=O) groups excluding carboxylic acids is 1. The third-order valence-corrected chi connectivity index (χ3v) is 3.87. The van der Waals surface area contributed by atoms with E-state index >= 15 is 0 Å². The fourth-order valence-corrected chi connectivity index (χ4v) is 2.71. The van der Waals surface area contributed by atoms with E-state index in [0.717, 1.165) is 11.1 Å². The van der Waals surface area contributed by atoms with Crippen molar-refractivity contribution in [3.8, 4) is 11.8 Å². The molecule has 4 nitrogen and oxygen atoms in total. The Balaban J connectivity index is 2.88. The standard InChI is InChI=1S/C16H21NO3S/c1-12(11-21(3)20)17-16(19)15-9-6-8-14(13(15)2)7-4-5-10-18/h6,8-9,12,18H,5,10-11H2,1-3H3,(H,17,19). The van der Waals surface area contributed by atoms with Crippen molar-refractivity contribution in [2.75, 3.05) is 18.6 Å². The Bertz CT molecular complexity index is 587. The number of nitrogens with one attached hydrogen (secondary N) is 1. The van der Waals surface area contributed by atoms with Gasteiger partial charge in [0.05, 0.1) is 6.61 Å². The Morgan fingerprint density at radius 3 is 2.81 bits per heavy atom. The highest BCUT2D eigenvalue weighted by Gasteiger charge is 2.14. The first-order valence-corrected chi connectivity index (χ1v) is 8.48. The van der Waals surface area contributed by atoms with Crippen LogP contribution in [0.1, 0.15) is 34.8 Å². The number of benzene rings is 1. The number of carbonyl (C=O) groups is 1. The van der Waals surface area contributed by atoms with Crippen LogP contribution in [0.15, 0.2) is 18.2 Å². The largest absolute Gasteiger partial charge is 0.395 e. The number of aliphatic hydroxyl groups is 1. The molecule has 0 aliphatic carbocycles. The van der Waals surface area contributed by atoms with Crippen molar-refractivity contribution in [2.45, 2.75) is 26.3 Å². The molecule has 2 unspecified atom stereocenters. The Labute approximate surface area is 128 Å². The first-order chi connectivity index (χ1) is 9.95. The Kier molecular flexibility index (Phi) is 7.13. The van der Waals surface area contributed by atoms with Crippen LogP contribution in [0.25, 0.3) is 0 Å². The van der Waals surface area contributed by atoms with E-state index < -0.39 is 10.8 Å². The molecule has 0 saturated heterocycles. The van der Waals surface area contributed by atoms with Gasteiger partial charge in [-0.3, -0.25) is 9.00 Å². The van der Waals surface area contributed by atoms with Crippen molar-refractivity contribution in [3.63, 3.8) is 0 Å². The average Bonchev–Trinajstić information content (AvgIpc) is 2.39. The molecule has 0 aliphatic rings. The lowest BCUT2D eigenvalue weighted by Gasteiger charge is -2.14. The number of hydrogen-bond donors (Lipinski definition) is 2. The van der Waals surface area contributed by atoms with Crippen LogP contribution in [-0.4, -0.2) is 39.9 Å². The molecule has 21 heavy (non-hydrogen) atoms. The van der Waals surface area contributed by atoms with Crippen molar-refractivity contribution in [3.05, 3.63) is 34.9 Å². The van der Waals surface area contributed by atoms with Crippen LogP contribution in [0.4, 0.5) is 0 Å². The van der Waals surface area contributed by atoms with Gasteiger partial charge in [-0.25, -0.2) is 0 Å². The van der Waals surface area contributed by atoms with Gasteiger partial charge in [0.2, 0.25) is 0 Å². The van der Waals surface area contributed by atoms with E-state index in [4.69, 9.17) is 5.11 Å². The lowest BCUT2D eigenvalue weighted by Crippen LogP contribution is -2.36. The highest BCUT2D eigenvalue weighted by atomic mass is 32.2. The highest BCUT2D eigenvalue weighted by molar-refractivity contribution is 7.84. The van der Waals surface area contributed by atoms with Gasteiger partial charge in [-0.05, 0) is 31.5 Å². The van der Waals surface area contributed by atoms with Crippen LogP contribution in [0, 0.1) is 18.8 Å². The monoisotopic (exact) mass is 307 g/mol. The summed E-state index contributed by atoms with van der Waals surface area (Å²) in [5.41, 5.74) is 2.16. The van der Waals surface area contributed by atoms with Crippen molar-refractivity contribution < 1.29 is 14.1 Å². The SMILES string of the molecule is Cc1c(C#CCCO)cccc1C(=O)NC(C)CS(C)=O. The predicted molar refractivity (Wildman–Crippen MR) is 85.6 cm³/mol. The second-order valence-corrected chi connectivity index (χ2v) is 6.35.